The molecule has 0 aromatic heterocycles. The molecule has 5 aliphatic rings. The van der Waals surface area contributed by atoms with Crippen LogP contribution in [0.3, 0.4) is 0 Å². The molecule has 4 bridgehead atoms. The lowest BCUT2D eigenvalue weighted by Gasteiger charge is -2.53. The second-order valence-corrected chi connectivity index (χ2v) is 13.4. The lowest BCUT2D eigenvalue weighted by molar-refractivity contribution is -0.141. The Balaban J connectivity index is 1.44. The van der Waals surface area contributed by atoms with Crippen molar-refractivity contribution in [2.45, 2.75) is 91.5 Å². The molecule has 0 aliphatic heterocycles. The van der Waals surface area contributed by atoms with E-state index in [2.05, 4.69) is 26.1 Å². The molecule has 0 unspecified atom stereocenters. The number of fused-ring (bicyclic) bond motifs is 5. The quantitative estimate of drug-likeness (QED) is 0.762. The second-order valence-electron chi connectivity index (χ2n) is 11.1. The van der Waals surface area contributed by atoms with Gasteiger partial charge in [-0.15, -0.1) is 0 Å². The summed E-state index contributed by atoms with van der Waals surface area (Å²) < 4.78 is 24.4. The smallest absolute Gasteiger partial charge is 0.226 e. The summed E-state index contributed by atoms with van der Waals surface area (Å²) in [4.78, 5) is 13.4. The molecule has 0 aromatic rings. The first-order chi connectivity index (χ1) is 12.5. The van der Waals surface area contributed by atoms with Crippen molar-refractivity contribution >= 4 is 15.7 Å². The number of sulfone groups is 1. The Kier molecular flexibility index (Phi) is 4.36. The van der Waals surface area contributed by atoms with Crippen LogP contribution in [0.1, 0.15) is 85.5 Å². The molecule has 0 radical (unpaired) electrons. The molecule has 0 saturated heterocycles. The van der Waals surface area contributed by atoms with Gasteiger partial charge in [0.15, 0.2) is 9.84 Å². The molecular formula is C22H37NO3S. The minimum Gasteiger partial charge on any atom is -0.352 e. The third-order valence-corrected chi connectivity index (χ3v) is 11.9. The van der Waals surface area contributed by atoms with Crippen molar-refractivity contribution in [2.24, 2.45) is 27.6 Å². The van der Waals surface area contributed by atoms with Crippen LogP contribution in [-0.4, -0.2) is 31.9 Å². The molecule has 4 nitrogen and oxygen atoms in total. The second kappa shape index (κ2) is 5.96. The van der Waals surface area contributed by atoms with Crippen molar-refractivity contribution in [3.05, 3.63) is 0 Å². The topological polar surface area (TPSA) is 63.2 Å². The summed E-state index contributed by atoms with van der Waals surface area (Å²) in [5.74, 6) is 1.56. The fourth-order valence-electron chi connectivity index (χ4n) is 7.12. The van der Waals surface area contributed by atoms with E-state index in [4.69, 9.17) is 0 Å². The number of hydrogen-bond acceptors (Lipinski definition) is 3. The molecule has 0 spiro atoms. The van der Waals surface area contributed by atoms with Gasteiger partial charge in [0.05, 0.1) is 5.75 Å². The molecule has 3 atom stereocenters. The molecule has 1 N–H and O–H groups in total. The van der Waals surface area contributed by atoms with Gasteiger partial charge in [0, 0.05) is 17.2 Å². The Bertz CT molecular complexity index is 716. The number of carbonyl (C=O) groups is 1. The number of hydrogen-bond donors (Lipinski definition) is 1. The van der Waals surface area contributed by atoms with E-state index in [1.54, 1.807) is 6.92 Å². The summed E-state index contributed by atoms with van der Waals surface area (Å²) >= 11 is 0. The Hall–Kier alpha value is -0.580. The zero-order valence-electron chi connectivity index (χ0n) is 17.6. The predicted octanol–water partition coefficient (Wildman–Crippen LogP) is 4.09. The number of amides is 1. The van der Waals surface area contributed by atoms with E-state index in [1.165, 1.54) is 12.8 Å². The summed E-state index contributed by atoms with van der Waals surface area (Å²) in [5.41, 5.74) is 0.231. The Morgan fingerprint density at radius 3 is 2.04 bits per heavy atom. The Labute approximate surface area is 165 Å². The largest absolute Gasteiger partial charge is 0.352 e. The first-order valence-corrected chi connectivity index (χ1v) is 12.8. The van der Waals surface area contributed by atoms with Crippen LogP contribution in [0.15, 0.2) is 0 Å². The predicted molar refractivity (Wildman–Crippen MR) is 108 cm³/mol. The molecule has 1 amide bonds. The van der Waals surface area contributed by atoms with Crippen molar-refractivity contribution in [1.29, 1.82) is 0 Å². The maximum absolute atomic E-state index is 13.4. The zero-order chi connectivity index (χ0) is 19.7. The average molecular weight is 396 g/mol. The highest BCUT2D eigenvalue weighted by molar-refractivity contribution is 7.91. The minimum atomic E-state index is -2.95. The van der Waals surface area contributed by atoms with E-state index in [1.807, 2.05) is 0 Å². The highest BCUT2D eigenvalue weighted by Gasteiger charge is 2.62. The normalized spacial score (nSPS) is 45.2. The lowest BCUT2D eigenvalue weighted by Crippen LogP contribution is -2.56. The van der Waals surface area contributed by atoms with Gasteiger partial charge in [-0.2, -0.15) is 0 Å². The Morgan fingerprint density at radius 1 is 1.00 bits per heavy atom. The van der Waals surface area contributed by atoms with E-state index in [0.29, 0.717) is 17.2 Å². The average Bonchev–Trinajstić information content (AvgIpc) is 2.96. The number of carbonyl (C=O) groups excluding carboxylic acids is 1. The summed E-state index contributed by atoms with van der Waals surface area (Å²) in [6.07, 6.45) is 8.96. The molecule has 5 heteroatoms. The van der Waals surface area contributed by atoms with Gasteiger partial charge in [0.25, 0.3) is 0 Å². The van der Waals surface area contributed by atoms with Gasteiger partial charge in [-0.1, -0.05) is 27.7 Å². The number of rotatable bonds is 5. The highest BCUT2D eigenvalue weighted by Crippen LogP contribution is 2.66. The maximum Gasteiger partial charge on any atom is 0.226 e. The van der Waals surface area contributed by atoms with Crippen molar-refractivity contribution < 1.29 is 13.2 Å². The van der Waals surface area contributed by atoms with Crippen molar-refractivity contribution in [3.63, 3.8) is 0 Å². The SMILES string of the molecule is CCS(=O)(=O)CC12CCC(C(=O)N[C@H]3C[C@@H]4CC[C@]3(C)C4(C)C)(CC1)CC2. The fraction of sp³-hybridized carbons (Fsp3) is 0.955. The minimum absolute atomic E-state index is 0.0583. The van der Waals surface area contributed by atoms with Crippen molar-refractivity contribution in [2.75, 3.05) is 11.5 Å². The van der Waals surface area contributed by atoms with Gasteiger partial charge in [0.1, 0.15) is 0 Å². The lowest BCUT2D eigenvalue weighted by atomic mass is 9.54. The third kappa shape index (κ3) is 2.81. The van der Waals surface area contributed by atoms with Crippen LogP contribution in [0.4, 0.5) is 0 Å². The number of nitrogens with one attached hydrogen (secondary N) is 1. The molecule has 0 heterocycles. The van der Waals surface area contributed by atoms with E-state index < -0.39 is 9.84 Å². The van der Waals surface area contributed by atoms with Crippen LogP contribution in [0.25, 0.3) is 0 Å². The summed E-state index contributed by atoms with van der Waals surface area (Å²) in [7, 11) is -2.95. The van der Waals surface area contributed by atoms with Gasteiger partial charge in [0.2, 0.25) is 5.91 Å². The van der Waals surface area contributed by atoms with E-state index in [0.717, 1.165) is 50.9 Å². The monoisotopic (exact) mass is 395 g/mol. The molecular weight excluding hydrogens is 358 g/mol. The third-order valence-electron chi connectivity index (χ3n) is 9.95. The van der Waals surface area contributed by atoms with E-state index in [9.17, 15) is 13.2 Å². The van der Waals surface area contributed by atoms with Gasteiger partial charge >= 0.3 is 0 Å². The molecule has 5 fully saturated rings. The first-order valence-electron chi connectivity index (χ1n) is 11.0. The van der Waals surface area contributed by atoms with Gasteiger partial charge in [-0.05, 0) is 80.0 Å². The van der Waals surface area contributed by atoms with Gasteiger partial charge in [-0.3, -0.25) is 4.79 Å². The van der Waals surface area contributed by atoms with Crippen LogP contribution >= 0.6 is 0 Å². The summed E-state index contributed by atoms with van der Waals surface area (Å²) in [5, 5.41) is 3.51. The van der Waals surface area contributed by atoms with Crippen molar-refractivity contribution in [3.8, 4) is 0 Å². The molecule has 154 valence electrons. The van der Waals surface area contributed by atoms with Gasteiger partial charge in [-0.25, -0.2) is 8.42 Å². The molecule has 27 heavy (non-hydrogen) atoms. The Morgan fingerprint density at radius 2 is 1.59 bits per heavy atom. The van der Waals surface area contributed by atoms with Crippen LogP contribution in [-0.2, 0) is 14.6 Å². The molecule has 5 aliphatic carbocycles. The van der Waals surface area contributed by atoms with E-state index >= 15 is 0 Å². The van der Waals surface area contributed by atoms with Gasteiger partial charge < -0.3 is 5.32 Å². The summed E-state index contributed by atoms with van der Waals surface area (Å²) in [6.45, 7) is 8.90. The molecule has 5 saturated carbocycles. The summed E-state index contributed by atoms with van der Waals surface area (Å²) in [6, 6.07) is 0.308. The van der Waals surface area contributed by atoms with E-state index in [-0.39, 0.29) is 27.9 Å². The molecule has 5 rings (SSSR count). The highest BCUT2D eigenvalue weighted by atomic mass is 32.2. The fourth-order valence-corrected chi connectivity index (χ4v) is 8.69. The zero-order valence-corrected chi connectivity index (χ0v) is 18.4. The van der Waals surface area contributed by atoms with Crippen LogP contribution < -0.4 is 5.32 Å². The molecule has 0 aromatic carbocycles. The first kappa shape index (κ1) is 19.7. The standard InChI is InChI=1S/C22H37NO3S/c1-5-27(25,26)15-21-8-11-22(12-9-21,13-10-21)18(24)23-17-14-16-6-7-20(17,4)19(16,2)3/h16-17H,5-15H2,1-4H3,(H,23,24)/t16-,17-,20-,21?,22?/m0/s1. The van der Waals surface area contributed by atoms with Crippen molar-refractivity contribution in [1.82, 2.24) is 5.32 Å². The van der Waals surface area contributed by atoms with Crippen LogP contribution in [0.2, 0.25) is 0 Å². The maximum atomic E-state index is 13.4. The van der Waals surface area contributed by atoms with Crippen LogP contribution in [0, 0.1) is 27.6 Å². The van der Waals surface area contributed by atoms with Crippen LogP contribution in [0.5, 0.6) is 0 Å².